The first-order valence-corrected chi connectivity index (χ1v) is 12.5. The summed E-state index contributed by atoms with van der Waals surface area (Å²) in [5.41, 5.74) is 8.97. The molecule has 4 aliphatic carbocycles. The highest BCUT2D eigenvalue weighted by atomic mass is 16.2. The van der Waals surface area contributed by atoms with Gasteiger partial charge in [-0.05, 0) is 97.1 Å². The van der Waals surface area contributed by atoms with Crippen molar-refractivity contribution in [3.05, 3.63) is 64.3 Å². The molecule has 5 rings (SSSR count). The molecule has 1 aromatic carbocycles. The molecule has 4 aliphatic rings. The molecule has 0 aliphatic heterocycles. The second kappa shape index (κ2) is 8.33. The summed E-state index contributed by atoms with van der Waals surface area (Å²) in [6.45, 7) is 2.74. The van der Waals surface area contributed by atoms with E-state index >= 15 is 0 Å². The van der Waals surface area contributed by atoms with Gasteiger partial charge in [0.1, 0.15) is 0 Å². The summed E-state index contributed by atoms with van der Waals surface area (Å²) in [5, 5.41) is 9.46. The van der Waals surface area contributed by atoms with E-state index in [1.807, 2.05) is 6.08 Å². The molecule has 0 spiro atoms. The summed E-state index contributed by atoms with van der Waals surface area (Å²) in [6.07, 6.45) is 12.5. The van der Waals surface area contributed by atoms with E-state index in [1.165, 1.54) is 41.7 Å². The minimum atomic E-state index is 0.209. The molecule has 3 heteroatoms. The van der Waals surface area contributed by atoms with Crippen molar-refractivity contribution in [2.24, 2.45) is 17.3 Å². The lowest BCUT2D eigenvalue weighted by Crippen LogP contribution is -2.41. The van der Waals surface area contributed by atoms with Gasteiger partial charge in [-0.2, -0.15) is 0 Å². The SMILES string of the molecule is CN(C)c1ccc([C@H]2C[C@]3(C)/C(=C/CCO)CC[C@@H]3[C@@H]3CCC4=CC(=O)CCC4=C32)cc1. The summed E-state index contributed by atoms with van der Waals surface area (Å²) < 4.78 is 0. The Balaban J connectivity index is 1.63. The molecule has 4 atom stereocenters. The fraction of sp³-hybridized carbons (Fsp3) is 0.552. The van der Waals surface area contributed by atoms with Gasteiger partial charge in [0, 0.05) is 38.7 Å². The highest BCUT2D eigenvalue weighted by molar-refractivity contribution is 5.93. The Bertz CT molecular complexity index is 996. The van der Waals surface area contributed by atoms with E-state index in [0.717, 1.165) is 25.7 Å². The van der Waals surface area contributed by atoms with Crippen molar-refractivity contribution >= 4 is 11.5 Å². The van der Waals surface area contributed by atoms with Gasteiger partial charge in [0.05, 0.1) is 0 Å². The van der Waals surface area contributed by atoms with Crippen LogP contribution < -0.4 is 4.90 Å². The smallest absolute Gasteiger partial charge is 0.156 e. The fourth-order valence-electron chi connectivity index (χ4n) is 7.38. The maximum atomic E-state index is 12.2. The third kappa shape index (κ3) is 3.50. The van der Waals surface area contributed by atoms with Crippen molar-refractivity contribution in [2.45, 2.75) is 64.2 Å². The third-order valence-electron chi connectivity index (χ3n) is 8.91. The van der Waals surface area contributed by atoms with E-state index < -0.39 is 0 Å². The molecular formula is C29H37NO2. The van der Waals surface area contributed by atoms with Crippen molar-refractivity contribution in [1.82, 2.24) is 0 Å². The zero-order valence-corrected chi connectivity index (χ0v) is 19.9. The topological polar surface area (TPSA) is 40.5 Å². The number of rotatable bonds is 4. The summed E-state index contributed by atoms with van der Waals surface area (Å²) in [5.74, 6) is 2.03. The summed E-state index contributed by atoms with van der Waals surface area (Å²) in [7, 11) is 4.19. The van der Waals surface area contributed by atoms with Crippen LogP contribution in [-0.2, 0) is 4.79 Å². The Morgan fingerprint density at radius 3 is 2.59 bits per heavy atom. The van der Waals surface area contributed by atoms with Crippen LogP contribution in [0.5, 0.6) is 0 Å². The first-order chi connectivity index (χ1) is 15.4. The van der Waals surface area contributed by atoms with Gasteiger partial charge in [-0.15, -0.1) is 0 Å². The van der Waals surface area contributed by atoms with Gasteiger partial charge in [0.25, 0.3) is 0 Å². The van der Waals surface area contributed by atoms with Crippen molar-refractivity contribution in [3.8, 4) is 0 Å². The maximum absolute atomic E-state index is 12.2. The van der Waals surface area contributed by atoms with Gasteiger partial charge in [0.2, 0.25) is 0 Å². The first kappa shape index (κ1) is 21.7. The lowest BCUT2D eigenvalue weighted by atomic mass is 9.53. The molecule has 1 aromatic rings. The minimum Gasteiger partial charge on any atom is -0.396 e. The molecule has 2 saturated carbocycles. The van der Waals surface area contributed by atoms with Crippen molar-refractivity contribution < 1.29 is 9.90 Å². The first-order valence-electron chi connectivity index (χ1n) is 12.5. The Labute approximate surface area is 192 Å². The molecule has 0 heterocycles. The van der Waals surface area contributed by atoms with E-state index in [2.05, 4.69) is 56.3 Å². The van der Waals surface area contributed by atoms with Gasteiger partial charge < -0.3 is 10.0 Å². The monoisotopic (exact) mass is 431 g/mol. The van der Waals surface area contributed by atoms with Crippen molar-refractivity contribution in [1.29, 1.82) is 0 Å². The van der Waals surface area contributed by atoms with Crippen LogP contribution in [0.2, 0.25) is 0 Å². The number of benzene rings is 1. The van der Waals surface area contributed by atoms with Gasteiger partial charge in [0.15, 0.2) is 5.78 Å². The highest BCUT2D eigenvalue weighted by Gasteiger charge is 2.54. The molecular weight excluding hydrogens is 394 g/mol. The van der Waals surface area contributed by atoms with E-state index in [9.17, 15) is 9.90 Å². The predicted molar refractivity (Wildman–Crippen MR) is 131 cm³/mol. The average molecular weight is 432 g/mol. The summed E-state index contributed by atoms with van der Waals surface area (Å²) in [4.78, 5) is 14.3. The molecule has 32 heavy (non-hydrogen) atoms. The van der Waals surface area contributed by atoms with Crippen LogP contribution in [0.25, 0.3) is 0 Å². The zero-order chi connectivity index (χ0) is 22.5. The Morgan fingerprint density at radius 2 is 1.88 bits per heavy atom. The largest absolute Gasteiger partial charge is 0.396 e. The number of allylic oxidation sites excluding steroid dienone is 5. The average Bonchev–Trinajstić information content (AvgIpc) is 3.12. The molecule has 2 fully saturated rings. The molecule has 0 aromatic heterocycles. The Kier molecular flexibility index (Phi) is 5.65. The molecule has 0 radical (unpaired) electrons. The van der Waals surface area contributed by atoms with Gasteiger partial charge in [-0.25, -0.2) is 0 Å². The number of hydrogen-bond acceptors (Lipinski definition) is 3. The van der Waals surface area contributed by atoms with Gasteiger partial charge >= 0.3 is 0 Å². The normalized spacial score (nSPS) is 33.0. The number of hydrogen-bond donors (Lipinski definition) is 1. The van der Waals surface area contributed by atoms with E-state index in [0.29, 0.717) is 30.0 Å². The summed E-state index contributed by atoms with van der Waals surface area (Å²) >= 11 is 0. The second-order valence-corrected chi connectivity index (χ2v) is 10.8. The minimum absolute atomic E-state index is 0.209. The van der Waals surface area contributed by atoms with Crippen molar-refractivity contribution in [2.75, 3.05) is 25.6 Å². The van der Waals surface area contributed by atoms with Crippen molar-refractivity contribution in [3.63, 3.8) is 0 Å². The maximum Gasteiger partial charge on any atom is 0.156 e. The standard InChI is InChI=1S/C29H37NO2/c1-29-18-26(19-6-10-22(11-7-19)30(2)3)28-24-14-12-23(32)17-20(24)8-13-25(28)27(29)15-9-21(29)5-4-16-31/h5-7,10-11,17,25-27,31H,4,8-9,12-16,18H2,1-3H3/b21-5+/t25-,26+,27+,29+/m0/s1. The molecule has 0 bridgehead atoms. The van der Waals surface area contributed by atoms with Gasteiger partial charge in [-0.1, -0.05) is 36.3 Å². The number of carbonyl (C=O) groups excluding carboxylic acids is 1. The van der Waals surface area contributed by atoms with Crippen LogP contribution in [0.15, 0.2) is 58.7 Å². The zero-order valence-electron chi connectivity index (χ0n) is 19.9. The highest BCUT2D eigenvalue weighted by Crippen LogP contribution is 2.65. The third-order valence-corrected chi connectivity index (χ3v) is 8.91. The lowest BCUT2D eigenvalue weighted by molar-refractivity contribution is -0.114. The predicted octanol–water partition coefficient (Wildman–Crippen LogP) is 5.96. The van der Waals surface area contributed by atoms with Crippen LogP contribution in [0, 0.1) is 17.3 Å². The van der Waals surface area contributed by atoms with Crippen LogP contribution in [-0.4, -0.2) is 31.6 Å². The number of ketones is 1. The number of aliphatic hydroxyl groups is 1. The van der Waals surface area contributed by atoms with Crippen LogP contribution in [0.4, 0.5) is 5.69 Å². The Hall–Kier alpha value is -2.13. The number of carbonyl (C=O) groups is 1. The molecule has 3 nitrogen and oxygen atoms in total. The fourth-order valence-corrected chi connectivity index (χ4v) is 7.38. The molecule has 0 unspecified atom stereocenters. The quantitative estimate of drug-likeness (QED) is 0.598. The van der Waals surface area contributed by atoms with E-state index in [4.69, 9.17) is 0 Å². The Morgan fingerprint density at radius 1 is 1.09 bits per heavy atom. The molecule has 0 amide bonds. The molecule has 0 saturated heterocycles. The molecule has 170 valence electrons. The lowest BCUT2D eigenvalue weighted by Gasteiger charge is -2.51. The number of nitrogens with zero attached hydrogens (tertiary/aromatic N) is 1. The van der Waals surface area contributed by atoms with Crippen LogP contribution >= 0.6 is 0 Å². The van der Waals surface area contributed by atoms with Crippen LogP contribution in [0.1, 0.15) is 69.8 Å². The van der Waals surface area contributed by atoms with E-state index in [-0.39, 0.29) is 12.0 Å². The van der Waals surface area contributed by atoms with E-state index in [1.54, 1.807) is 11.1 Å². The molecule has 1 N–H and O–H groups in total. The van der Waals surface area contributed by atoms with Gasteiger partial charge in [-0.3, -0.25) is 4.79 Å². The number of aliphatic hydroxyl groups excluding tert-OH is 1. The number of fused-ring (bicyclic) bond motifs is 4. The number of anilines is 1. The van der Waals surface area contributed by atoms with Crippen LogP contribution in [0.3, 0.4) is 0 Å². The summed E-state index contributed by atoms with van der Waals surface area (Å²) in [6, 6.07) is 9.19. The second-order valence-electron chi connectivity index (χ2n) is 10.8.